The number of anilines is 1. The second-order valence-electron chi connectivity index (χ2n) is 6.64. The molecular weight excluding hydrogens is 402 g/mol. The maximum Gasteiger partial charge on any atom is 0.241 e. The minimum absolute atomic E-state index is 0.00228. The van der Waals surface area contributed by atoms with Gasteiger partial charge in [0.05, 0.1) is 23.6 Å². The Morgan fingerprint density at radius 2 is 1.86 bits per heavy atom. The number of carbonyl (C=O) groups is 1. The Kier molecular flexibility index (Phi) is 6.36. The van der Waals surface area contributed by atoms with Crippen LogP contribution < -0.4 is 10.5 Å². The van der Waals surface area contributed by atoms with Gasteiger partial charge in [-0.15, -0.1) is 0 Å². The lowest BCUT2D eigenvalue weighted by molar-refractivity contribution is -0.124. The number of primary sulfonamides is 1. The van der Waals surface area contributed by atoms with Crippen LogP contribution in [0.15, 0.2) is 53.4 Å². The van der Waals surface area contributed by atoms with Crippen LogP contribution in [0.3, 0.4) is 0 Å². The summed E-state index contributed by atoms with van der Waals surface area (Å²) >= 11 is 5.94. The number of morpholine rings is 1. The Balaban J connectivity index is 1.63. The molecule has 7 nitrogen and oxygen atoms in total. The molecule has 1 aliphatic rings. The zero-order valence-electron chi connectivity index (χ0n) is 15.3. The van der Waals surface area contributed by atoms with Gasteiger partial charge in [-0.05, 0) is 48.9 Å². The molecule has 0 unspecified atom stereocenters. The molecule has 1 fully saturated rings. The number of nitrogens with two attached hydrogens (primary N) is 1. The molecule has 0 aromatic heterocycles. The van der Waals surface area contributed by atoms with E-state index in [1.54, 1.807) is 0 Å². The maximum absolute atomic E-state index is 12.6. The number of nitrogens with zero attached hydrogens (tertiary/aromatic N) is 1. The highest BCUT2D eigenvalue weighted by Crippen LogP contribution is 2.25. The third-order valence-corrected chi connectivity index (χ3v) is 5.90. The lowest BCUT2D eigenvalue weighted by Gasteiger charge is -2.36. The highest BCUT2D eigenvalue weighted by Gasteiger charge is 2.28. The van der Waals surface area contributed by atoms with Crippen molar-refractivity contribution in [2.45, 2.75) is 24.0 Å². The molecule has 150 valence electrons. The molecule has 2 aromatic rings. The maximum atomic E-state index is 12.6. The van der Waals surface area contributed by atoms with Crippen LogP contribution in [0.2, 0.25) is 5.02 Å². The van der Waals surface area contributed by atoms with E-state index in [1.165, 1.54) is 24.3 Å². The van der Waals surface area contributed by atoms with Gasteiger partial charge in [-0.1, -0.05) is 23.7 Å². The monoisotopic (exact) mass is 423 g/mol. The van der Waals surface area contributed by atoms with Gasteiger partial charge in [-0.25, -0.2) is 13.6 Å². The lowest BCUT2D eigenvalue weighted by Crippen LogP contribution is -2.48. The largest absolute Gasteiger partial charge is 0.371 e. The second-order valence-corrected chi connectivity index (χ2v) is 8.64. The van der Waals surface area contributed by atoms with E-state index in [0.29, 0.717) is 30.4 Å². The van der Waals surface area contributed by atoms with Crippen molar-refractivity contribution in [1.82, 2.24) is 4.90 Å². The molecule has 1 heterocycles. The van der Waals surface area contributed by atoms with E-state index in [4.69, 9.17) is 21.5 Å². The molecule has 1 amide bonds. The Morgan fingerprint density at radius 1 is 1.21 bits per heavy atom. The molecule has 0 radical (unpaired) electrons. The number of hydrogen-bond donors (Lipinski definition) is 2. The summed E-state index contributed by atoms with van der Waals surface area (Å²) in [7, 11) is -3.76. The summed E-state index contributed by atoms with van der Waals surface area (Å²) in [6, 6.07) is 12.9. The van der Waals surface area contributed by atoms with Crippen LogP contribution >= 0.6 is 11.6 Å². The highest BCUT2D eigenvalue weighted by atomic mass is 35.5. The van der Waals surface area contributed by atoms with E-state index in [1.807, 2.05) is 31.2 Å². The van der Waals surface area contributed by atoms with Gasteiger partial charge in [0, 0.05) is 23.8 Å². The first kappa shape index (κ1) is 20.8. The topological polar surface area (TPSA) is 102 Å². The molecule has 1 saturated heterocycles. The van der Waals surface area contributed by atoms with Gasteiger partial charge < -0.3 is 10.1 Å². The van der Waals surface area contributed by atoms with E-state index in [0.717, 1.165) is 5.56 Å². The first-order chi connectivity index (χ1) is 13.2. The number of benzene rings is 2. The van der Waals surface area contributed by atoms with E-state index in [2.05, 4.69) is 10.2 Å². The van der Waals surface area contributed by atoms with Crippen LogP contribution in [-0.4, -0.2) is 45.0 Å². The summed E-state index contributed by atoms with van der Waals surface area (Å²) in [5, 5.41) is 8.55. The van der Waals surface area contributed by atoms with E-state index in [-0.39, 0.29) is 22.9 Å². The van der Waals surface area contributed by atoms with Crippen molar-refractivity contribution in [2.75, 3.05) is 25.0 Å². The predicted octanol–water partition coefficient (Wildman–Crippen LogP) is 2.39. The number of rotatable bonds is 5. The molecule has 2 aromatic carbocycles. The molecule has 1 aliphatic heterocycles. The number of ether oxygens (including phenoxy) is 1. The van der Waals surface area contributed by atoms with Crippen molar-refractivity contribution in [3.8, 4) is 0 Å². The number of amides is 1. The first-order valence-electron chi connectivity index (χ1n) is 8.79. The molecule has 0 saturated carbocycles. The Labute approximate surface area is 169 Å². The SMILES string of the molecule is C[C@H](C(=O)Nc1ccc(S(N)(=O)=O)cc1)N1CCO[C@@H](c2ccc(Cl)cc2)C1. The van der Waals surface area contributed by atoms with Crippen molar-refractivity contribution in [3.63, 3.8) is 0 Å². The molecule has 2 atom stereocenters. The Morgan fingerprint density at radius 3 is 2.46 bits per heavy atom. The highest BCUT2D eigenvalue weighted by molar-refractivity contribution is 7.89. The van der Waals surface area contributed by atoms with Crippen LogP contribution in [0, 0.1) is 0 Å². The minimum atomic E-state index is -3.76. The zero-order chi connectivity index (χ0) is 20.3. The van der Waals surface area contributed by atoms with Crippen LogP contribution in [0.5, 0.6) is 0 Å². The predicted molar refractivity (Wildman–Crippen MR) is 108 cm³/mol. The van der Waals surface area contributed by atoms with Crippen molar-refractivity contribution < 1.29 is 17.9 Å². The number of sulfonamides is 1. The van der Waals surface area contributed by atoms with Gasteiger partial charge in [0.15, 0.2) is 0 Å². The number of hydrogen-bond acceptors (Lipinski definition) is 5. The normalized spacial score (nSPS) is 19.2. The molecule has 0 spiro atoms. The average molecular weight is 424 g/mol. The summed E-state index contributed by atoms with van der Waals surface area (Å²) in [4.78, 5) is 14.7. The van der Waals surface area contributed by atoms with Gasteiger partial charge in [0.2, 0.25) is 15.9 Å². The summed E-state index contributed by atoms with van der Waals surface area (Å²) in [6.07, 6.45) is -0.129. The van der Waals surface area contributed by atoms with Crippen LogP contribution in [-0.2, 0) is 19.6 Å². The average Bonchev–Trinajstić information content (AvgIpc) is 2.68. The fraction of sp³-hybridized carbons (Fsp3) is 0.316. The standard InChI is InChI=1S/C19H22ClN3O4S/c1-13(19(24)22-16-6-8-17(9-7-16)28(21,25)26)23-10-11-27-18(12-23)14-2-4-15(20)5-3-14/h2-9,13,18H,10-12H2,1H3,(H,22,24)(H2,21,25,26)/t13-,18-/m1/s1. The van der Waals surface area contributed by atoms with Gasteiger partial charge in [0.1, 0.15) is 0 Å². The quantitative estimate of drug-likeness (QED) is 0.768. The minimum Gasteiger partial charge on any atom is -0.371 e. The number of carbonyl (C=O) groups excluding carboxylic acids is 1. The third-order valence-electron chi connectivity index (χ3n) is 4.72. The van der Waals surface area contributed by atoms with Crippen LogP contribution in [0.1, 0.15) is 18.6 Å². The molecule has 3 rings (SSSR count). The van der Waals surface area contributed by atoms with Crippen LogP contribution in [0.4, 0.5) is 5.69 Å². The number of nitrogens with one attached hydrogen (secondary N) is 1. The fourth-order valence-corrected chi connectivity index (χ4v) is 3.68. The third kappa shape index (κ3) is 5.09. The first-order valence-corrected chi connectivity index (χ1v) is 10.7. The zero-order valence-corrected chi connectivity index (χ0v) is 16.9. The second kappa shape index (κ2) is 8.59. The van der Waals surface area contributed by atoms with E-state index >= 15 is 0 Å². The number of halogens is 1. The smallest absolute Gasteiger partial charge is 0.241 e. The molecule has 0 bridgehead atoms. The summed E-state index contributed by atoms with van der Waals surface area (Å²) < 4.78 is 28.5. The van der Waals surface area contributed by atoms with Crippen molar-refractivity contribution in [3.05, 3.63) is 59.1 Å². The van der Waals surface area contributed by atoms with Gasteiger partial charge in [-0.3, -0.25) is 9.69 Å². The fourth-order valence-electron chi connectivity index (χ4n) is 3.04. The molecular formula is C19H22ClN3O4S. The summed E-state index contributed by atoms with van der Waals surface area (Å²) in [5.74, 6) is -0.180. The molecule has 9 heteroatoms. The Bertz CT molecular complexity index is 933. The van der Waals surface area contributed by atoms with Crippen molar-refractivity contribution >= 4 is 33.2 Å². The van der Waals surface area contributed by atoms with E-state index in [9.17, 15) is 13.2 Å². The van der Waals surface area contributed by atoms with Crippen LogP contribution in [0.25, 0.3) is 0 Å². The summed E-state index contributed by atoms with van der Waals surface area (Å²) in [5.41, 5.74) is 1.52. The van der Waals surface area contributed by atoms with Gasteiger partial charge >= 0.3 is 0 Å². The van der Waals surface area contributed by atoms with Gasteiger partial charge in [-0.2, -0.15) is 0 Å². The molecule has 0 aliphatic carbocycles. The summed E-state index contributed by atoms with van der Waals surface area (Å²) in [6.45, 7) is 3.58. The van der Waals surface area contributed by atoms with Crippen molar-refractivity contribution in [2.24, 2.45) is 5.14 Å². The van der Waals surface area contributed by atoms with E-state index < -0.39 is 10.0 Å². The van der Waals surface area contributed by atoms with Gasteiger partial charge in [0.25, 0.3) is 0 Å². The van der Waals surface area contributed by atoms with Crippen molar-refractivity contribution in [1.29, 1.82) is 0 Å². The lowest BCUT2D eigenvalue weighted by atomic mass is 10.1. The molecule has 3 N–H and O–H groups in total. The Hall–Kier alpha value is -1.97. The molecule has 28 heavy (non-hydrogen) atoms.